The number of carbonyl (C=O) groups excluding carboxylic acids is 1. The summed E-state index contributed by atoms with van der Waals surface area (Å²) in [5.41, 5.74) is 1.99. The molecule has 2 rings (SSSR count). The molecule has 1 amide bonds. The molecule has 0 spiro atoms. The maximum atomic E-state index is 12.0. The molecule has 0 aromatic carbocycles. The second-order valence-corrected chi connectivity index (χ2v) is 3.91. The SMILES string of the molecule is COCn1cc(NC(=O)c2cnn(C)c2C)cn1. The Hall–Kier alpha value is -2.15. The Morgan fingerprint density at radius 3 is 2.83 bits per heavy atom. The van der Waals surface area contributed by atoms with E-state index in [4.69, 9.17) is 4.74 Å². The molecule has 96 valence electrons. The predicted octanol–water partition coefficient (Wildman–Crippen LogP) is 0.781. The maximum Gasteiger partial charge on any atom is 0.259 e. The van der Waals surface area contributed by atoms with Gasteiger partial charge in [-0.3, -0.25) is 9.48 Å². The minimum atomic E-state index is -0.197. The van der Waals surface area contributed by atoms with Crippen LogP contribution >= 0.6 is 0 Å². The van der Waals surface area contributed by atoms with Crippen molar-refractivity contribution in [3.8, 4) is 0 Å². The van der Waals surface area contributed by atoms with Crippen LogP contribution in [0, 0.1) is 6.92 Å². The topological polar surface area (TPSA) is 74.0 Å². The van der Waals surface area contributed by atoms with E-state index in [0.717, 1.165) is 5.69 Å². The summed E-state index contributed by atoms with van der Waals surface area (Å²) in [5, 5.41) is 10.8. The van der Waals surface area contributed by atoms with Crippen LogP contribution in [-0.4, -0.2) is 32.6 Å². The lowest BCUT2D eigenvalue weighted by Crippen LogP contribution is -2.12. The highest BCUT2D eigenvalue weighted by Crippen LogP contribution is 2.10. The third-order valence-electron chi connectivity index (χ3n) is 2.63. The summed E-state index contributed by atoms with van der Waals surface area (Å²) in [6.07, 6.45) is 4.82. The number of hydrogen-bond acceptors (Lipinski definition) is 4. The lowest BCUT2D eigenvalue weighted by atomic mass is 10.2. The first-order valence-corrected chi connectivity index (χ1v) is 5.43. The number of nitrogens with one attached hydrogen (secondary N) is 1. The molecule has 7 nitrogen and oxygen atoms in total. The smallest absolute Gasteiger partial charge is 0.259 e. The fraction of sp³-hybridized carbons (Fsp3) is 0.364. The second kappa shape index (κ2) is 5.01. The van der Waals surface area contributed by atoms with E-state index in [2.05, 4.69) is 15.5 Å². The van der Waals surface area contributed by atoms with Crippen molar-refractivity contribution in [2.75, 3.05) is 12.4 Å². The number of aryl methyl sites for hydroxylation is 1. The molecule has 0 fully saturated rings. The van der Waals surface area contributed by atoms with E-state index in [1.54, 1.807) is 42.1 Å². The first-order valence-electron chi connectivity index (χ1n) is 5.43. The van der Waals surface area contributed by atoms with Crippen LogP contribution in [0.5, 0.6) is 0 Å². The number of anilines is 1. The van der Waals surface area contributed by atoms with Gasteiger partial charge in [0.15, 0.2) is 0 Å². The molecule has 0 unspecified atom stereocenters. The standard InChI is InChI=1S/C11H15N5O2/c1-8-10(5-12-15(8)2)11(17)14-9-4-13-16(6-9)7-18-3/h4-6H,7H2,1-3H3,(H,14,17). The summed E-state index contributed by atoms with van der Waals surface area (Å²) in [6, 6.07) is 0. The fourth-order valence-electron chi connectivity index (χ4n) is 1.55. The van der Waals surface area contributed by atoms with E-state index < -0.39 is 0 Å². The third-order valence-corrected chi connectivity index (χ3v) is 2.63. The van der Waals surface area contributed by atoms with E-state index in [1.165, 1.54) is 0 Å². The Morgan fingerprint density at radius 2 is 2.22 bits per heavy atom. The van der Waals surface area contributed by atoms with Gasteiger partial charge in [-0.25, -0.2) is 4.68 Å². The number of nitrogens with zero attached hydrogens (tertiary/aromatic N) is 4. The Balaban J connectivity index is 2.09. The van der Waals surface area contributed by atoms with Crippen molar-refractivity contribution in [2.45, 2.75) is 13.7 Å². The van der Waals surface area contributed by atoms with Gasteiger partial charge in [0.1, 0.15) is 6.73 Å². The van der Waals surface area contributed by atoms with Crippen molar-refractivity contribution in [1.82, 2.24) is 19.6 Å². The summed E-state index contributed by atoms with van der Waals surface area (Å²) in [7, 11) is 3.38. The highest BCUT2D eigenvalue weighted by Gasteiger charge is 2.13. The van der Waals surface area contributed by atoms with Crippen molar-refractivity contribution < 1.29 is 9.53 Å². The Morgan fingerprint density at radius 1 is 1.44 bits per heavy atom. The van der Waals surface area contributed by atoms with Crippen molar-refractivity contribution in [3.05, 3.63) is 29.8 Å². The molecule has 7 heteroatoms. The molecular formula is C11H15N5O2. The molecule has 2 aromatic heterocycles. The molecule has 1 N–H and O–H groups in total. The first-order chi connectivity index (χ1) is 8.61. The minimum Gasteiger partial charge on any atom is -0.362 e. The molecule has 0 saturated heterocycles. The quantitative estimate of drug-likeness (QED) is 0.869. The summed E-state index contributed by atoms with van der Waals surface area (Å²) >= 11 is 0. The molecule has 0 radical (unpaired) electrons. The molecule has 0 atom stereocenters. The van der Waals surface area contributed by atoms with Gasteiger partial charge >= 0.3 is 0 Å². The van der Waals surface area contributed by atoms with Gasteiger partial charge in [0, 0.05) is 19.9 Å². The maximum absolute atomic E-state index is 12.0. The number of amides is 1. The van der Waals surface area contributed by atoms with Crippen LogP contribution in [0.2, 0.25) is 0 Å². The van der Waals surface area contributed by atoms with Crippen LogP contribution in [0.4, 0.5) is 5.69 Å². The average Bonchev–Trinajstić information content (AvgIpc) is 2.89. The summed E-state index contributed by atoms with van der Waals surface area (Å²) in [6.45, 7) is 2.19. The number of ether oxygens (including phenoxy) is 1. The highest BCUT2D eigenvalue weighted by molar-refractivity contribution is 6.04. The monoisotopic (exact) mass is 249 g/mol. The molecule has 2 heterocycles. The molecule has 18 heavy (non-hydrogen) atoms. The van der Waals surface area contributed by atoms with Gasteiger partial charge in [-0.05, 0) is 6.92 Å². The first kappa shape index (κ1) is 12.3. The van der Waals surface area contributed by atoms with Gasteiger partial charge < -0.3 is 10.1 Å². The highest BCUT2D eigenvalue weighted by atomic mass is 16.5. The predicted molar refractivity (Wildman–Crippen MR) is 65.1 cm³/mol. The number of carbonyl (C=O) groups is 1. The lowest BCUT2D eigenvalue weighted by Gasteiger charge is -2.01. The fourth-order valence-corrected chi connectivity index (χ4v) is 1.55. The van der Waals surface area contributed by atoms with Crippen LogP contribution in [0.25, 0.3) is 0 Å². The summed E-state index contributed by atoms with van der Waals surface area (Å²) in [5.74, 6) is -0.197. The summed E-state index contributed by atoms with van der Waals surface area (Å²) in [4.78, 5) is 12.0. The van der Waals surface area contributed by atoms with Gasteiger partial charge in [-0.1, -0.05) is 0 Å². The van der Waals surface area contributed by atoms with Crippen molar-refractivity contribution in [1.29, 1.82) is 0 Å². The Kier molecular flexibility index (Phi) is 3.42. The van der Waals surface area contributed by atoms with Crippen molar-refractivity contribution in [3.63, 3.8) is 0 Å². The van der Waals surface area contributed by atoms with E-state index in [9.17, 15) is 4.79 Å². The normalized spacial score (nSPS) is 10.6. The van der Waals surface area contributed by atoms with Gasteiger partial charge in [-0.2, -0.15) is 10.2 Å². The molecule has 0 bridgehead atoms. The van der Waals surface area contributed by atoms with E-state index >= 15 is 0 Å². The molecule has 0 aliphatic rings. The van der Waals surface area contributed by atoms with Crippen molar-refractivity contribution >= 4 is 11.6 Å². The van der Waals surface area contributed by atoms with Gasteiger partial charge in [0.25, 0.3) is 5.91 Å². The minimum absolute atomic E-state index is 0.197. The van der Waals surface area contributed by atoms with Crippen LogP contribution in [0.15, 0.2) is 18.6 Å². The summed E-state index contributed by atoms with van der Waals surface area (Å²) < 4.78 is 8.17. The Labute approximate surface area is 104 Å². The van der Waals surface area contributed by atoms with Crippen LogP contribution in [0.1, 0.15) is 16.1 Å². The largest absolute Gasteiger partial charge is 0.362 e. The number of hydrogen-bond donors (Lipinski definition) is 1. The average molecular weight is 249 g/mol. The number of aromatic nitrogens is 4. The second-order valence-electron chi connectivity index (χ2n) is 3.91. The van der Waals surface area contributed by atoms with Gasteiger partial charge in [0.05, 0.1) is 29.8 Å². The molecule has 0 aliphatic heterocycles. The number of rotatable bonds is 4. The zero-order valence-corrected chi connectivity index (χ0v) is 10.5. The van der Waals surface area contributed by atoms with Crippen molar-refractivity contribution in [2.24, 2.45) is 7.05 Å². The number of methoxy groups -OCH3 is 1. The van der Waals surface area contributed by atoms with Crippen LogP contribution in [-0.2, 0) is 18.5 Å². The van der Waals surface area contributed by atoms with Gasteiger partial charge in [0.2, 0.25) is 0 Å². The lowest BCUT2D eigenvalue weighted by molar-refractivity contribution is 0.102. The van der Waals surface area contributed by atoms with E-state index in [1.807, 2.05) is 6.92 Å². The van der Waals surface area contributed by atoms with Crippen LogP contribution in [0.3, 0.4) is 0 Å². The molecule has 0 aliphatic carbocycles. The third kappa shape index (κ3) is 2.40. The Bertz CT molecular complexity index is 558. The van der Waals surface area contributed by atoms with Gasteiger partial charge in [-0.15, -0.1) is 0 Å². The van der Waals surface area contributed by atoms with E-state index in [-0.39, 0.29) is 5.91 Å². The zero-order valence-electron chi connectivity index (χ0n) is 10.5. The molecule has 2 aromatic rings. The van der Waals surface area contributed by atoms with E-state index in [0.29, 0.717) is 18.0 Å². The molecule has 0 saturated carbocycles. The molecular weight excluding hydrogens is 234 g/mol. The van der Waals surface area contributed by atoms with Crippen LogP contribution < -0.4 is 5.32 Å². The zero-order chi connectivity index (χ0) is 13.1.